The number of ketones is 1. The number of aromatic nitrogens is 5. The lowest BCUT2D eigenvalue weighted by molar-refractivity contribution is -0.121. The van der Waals surface area contributed by atoms with E-state index in [1.807, 2.05) is 32.0 Å². The summed E-state index contributed by atoms with van der Waals surface area (Å²) in [6.07, 6.45) is 2.30. The molecule has 4 heterocycles. The zero-order valence-corrected chi connectivity index (χ0v) is 19.8. The number of nitrogens with one attached hydrogen (secondary N) is 1. The van der Waals surface area contributed by atoms with Crippen LogP contribution in [0, 0.1) is 19.8 Å². The summed E-state index contributed by atoms with van der Waals surface area (Å²) in [6, 6.07) is 10.9. The fourth-order valence-corrected chi connectivity index (χ4v) is 4.00. The van der Waals surface area contributed by atoms with Crippen LogP contribution in [0.25, 0.3) is 5.65 Å². The molecule has 1 aliphatic heterocycles. The summed E-state index contributed by atoms with van der Waals surface area (Å²) in [7, 11) is 1.77. The quantitative estimate of drug-likeness (QED) is 0.390. The van der Waals surface area contributed by atoms with Gasteiger partial charge in [0.25, 0.3) is 0 Å². The number of amides is 1. The number of anilines is 1. The van der Waals surface area contributed by atoms with Crippen molar-refractivity contribution in [3.8, 4) is 11.6 Å². The minimum absolute atomic E-state index is 0.00859. The van der Waals surface area contributed by atoms with E-state index in [1.54, 1.807) is 40.6 Å². The summed E-state index contributed by atoms with van der Waals surface area (Å²) in [5, 5.41) is 11.5. The smallest absolute Gasteiger partial charge is 0.237 e. The summed E-state index contributed by atoms with van der Waals surface area (Å²) in [5.74, 6) is 1.53. The third-order valence-electron chi connectivity index (χ3n) is 5.93. The molecular formula is C25H26N6O4. The van der Waals surface area contributed by atoms with Gasteiger partial charge in [0, 0.05) is 31.9 Å². The highest BCUT2D eigenvalue weighted by Gasteiger charge is 2.22. The van der Waals surface area contributed by atoms with Gasteiger partial charge in [0.05, 0.1) is 25.1 Å². The van der Waals surface area contributed by atoms with Gasteiger partial charge in [-0.1, -0.05) is 6.07 Å². The first-order valence-electron chi connectivity index (χ1n) is 11.4. The van der Waals surface area contributed by atoms with Crippen LogP contribution >= 0.6 is 0 Å². The van der Waals surface area contributed by atoms with Crippen molar-refractivity contribution >= 4 is 23.2 Å². The van der Waals surface area contributed by atoms with E-state index in [9.17, 15) is 9.59 Å². The molecule has 0 aliphatic carbocycles. The SMILES string of the molecule is Cc1cc(C(=O)Cc2cc(Oc3ccc4nc(NC(=O)CC5COC5)cn4n3)ccc2C)n(C)n1. The molecule has 10 nitrogen and oxygen atoms in total. The van der Waals surface area contributed by atoms with E-state index in [2.05, 4.69) is 20.5 Å². The molecule has 4 aromatic rings. The van der Waals surface area contributed by atoms with Crippen LogP contribution in [-0.4, -0.2) is 49.3 Å². The Bertz CT molecular complexity index is 1420. The van der Waals surface area contributed by atoms with Crippen molar-refractivity contribution in [3.63, 3.8) is 0 Å². The Hall–Kier alpha value is -4.05. The lowest BCUT2D eigenvalue weighted by Crippen LogP contribution is -2.31. The predicted molar refractivity (Wildman–Crippen MR) is 128 cm³/mol. The van der Waals surface area contributed by atoms with E-state index in [1.165, 1.54) is 0 Å². The van der Waals surface area contributed by atoms with Gasteiger partial charge in [-0.25, -0.2) is 9.50 Å². The fourth-order valence-electron chi connectivity index (χ4n) is 4.00. The van der Waals surface area contributed by atoms with Crippen molar-refractivity contribution < 1.29 is 19.1 Å². The number of fused-ring (bicyclic) bond motifs is 1. The summed E-state index contributed by atoms with van der Waals surface area (Å²) in [4.78, 5) is 29.4. The molecule has 0 atom stereocenters. The van der Waals surface area contributed by atoms with Crippen molar-refractivity contribution in [2.75, 3.05) is 18.5 Å². The maximum Gasteiger partial charge on any atom is 0.237 e. The second-order valence-corrected chi connectivity index (χ2v) is 8.84. The van der Waals surface area contributed by atoms with Crippen LogP contribution in [0.15, 0.2) is 42.6 Å². The van der Waals surface area contributed by atoms with Crippen molar-refractivity contribution in [2.24, 2.45) is 13.0 Å². The number of imidazole rings is 1. The van der Waals surface area contributed by atoms with Gasteiger partial charge in [-0.3, -0.25) is 14.3 Å². The van der Waals surface area contributed by atoms with Gasteiger partial charge in [-0.15, -0.1) is 5.10 Å². The second kappa shape index (κ2) is 9.30. The molecule has 5 rings (SSSR count). The molecule has 1 saturated heterocycles. The van der Waals surface area contributed by atoms with Crippen LogP contribution in [0.2, 0.25) is 0 Å². The number of hydrogen-bond donors (Lipinski definition) is 1. The predicted octanol–water partition coefficient (Wildman–Crippen LogP) is 3.27. The van der Waals surface area contributed by atoms with Crippen LogP contribution < -0.4 is 10.1 Å². The number of hydrogen-bond acceptors (Lipinski definition) is 7. The monoisotopic (exact) mass is 474 g/mol. The molecule has 3 aromatic heterocycles. The molecule has 1 fully saturated rings. The number of benzene rings is 1. The first-order valence-corrected chi connectivity index (χ1v) is 11.4. The van der Waals surface area contributed by atoms with Gasteiger partial charge < -0.3 is 14.8 Å². The molecule has 1 amide bonds. The molecule has 10 heteroatoms. The van der Waals surface area contributed by atoms with E-state index in [0.29, 0.717) is 48.4 Å². The molecule has 1 aliphatic rings. The summed E-state index contributed by atoms with van der Waals surface area (Å²) < 4.78 is 14.2. The summed E-state index contributed by atoms with van der Waals surface area (Å²) in [6.45, 7) is 5.07. The standard InChI is InChI=1S/C25H26N6O4/c1-15-4-5-19(10-18(15)11-21(32)20-8-16(2)28-30(20)3)35-25-7-6-23-26-22(12-31(23)29-25)27-24(33)9-17-13-34-14-17/h4-8,10,12,17H,9,11,13-14H2,1-3H3,(H,27,33). The Morgan fingerprint density at radius 1 is 1.14 bits per heavy atom. The highest BCUT2D eigenvalue weighted by atomic mass is 16.5. The van der Waals surface area contributed by atoms with Gasteiger partial charge in [-0.2, -0.15) is 5.10 Å². The third kappa shape index (κ3) is 5.07. The minimum atomic E-state index is -0.0961. The van der Waals surface area contributed by atoms with Crippen LogP contribution in [0.5, 0.6) is 11.6 Å². The van der Waals surface area contributed by atoms with Crippen LogP contribution in [-0.2, 0) is 23.0 Å². The molecule has 180 valence electrons. The lowest BCUT2D eigenvalue weighted by atomic mass is 10.0. The van der Waals surface area contributed by atoms with Gasteiger partial charge in [0.1, 0.15) is 11.4 Å². The third-order valence-corrected chi connectivity index (χ3v) is 5.93. The number of carbonyl (C=O) groups is 2. The maximum absolute atomic E-state index is 12.8. The molecule has 1 N–H and O–H groups in total. The number of Topliss-reactive ketones (excluding diaryl/α,β-unsaturated/α-hetero) is 1. The Morgan fingerprint density at radius 2 is 1.97 bits per heavy atom. The van der Waals surface area contributed by atoms with Gasteiger partial charge >= 0.3 is 0 Å². The average molecular weight is 475 g/mol. The Balaban J connectivity index is 1.28. The Labute approximate surface area is 201 Å². The molecule has 1 aromatic carbocycles. The van der Waals surface area contributed by atoms with E-state index < -0.39 is 0 Å². The van der Waals surface area contributed by atoms with Gasteiger partial charge in [-0.05, 0) is 49.2 Å². The first-order chi connectivity index (χ1) is 16.8. The van der Waals surface area contributed by atoms with Crippen molar-refractivity contribution in [2.45, 2.75) is 26.7 Å². The highest BCUT2D eigenvalue weighted by Crippen LogP contribution is 2.24. The minimum Gasteiger partial charge on any atom is -0.438 e. The second-order valence-electron chi connectivity index (χ2n) is 8.84. The van der Waals surface area contributed by atoms with Gasteiger partial charge in [0.15, 0.2) is 17.2 Å². The molecule has 0 spiro atoms. The molecule has 35 heavy (non-hydrogen) atoms. The fraction of sp³-hybridized carbons (Fsp3) is 0.320. The van der Waals surface area contributed by atoms with Gasteiger partial charge in [0.2, 0.25) is 11.8 Å². The molecule has 0 unspecified atom stereocenters. The van der Waals surface area contributed by atoms with Crippen LogP contribution in [0.4, 0.5) is 5.82 Å². The lowest BCUT2D eigenvalue weighted by Gasteiger charge is -2.24. The van der Waals surface area contributed by atoms with E-state index in [0.717, 1.165) is 16.8 Å². The van der Waals surface area contributed by atoms with Crippen molar-refractivity contribution in [3.05, 3.63) is 65.1 Å². The highest BCUT2D eigenvalue weighted by molar-refractivity contribution is 5.96. The van der Waals surface area contributed by atoms with Crippen LogP contribution in [0.3, 0.4) is 0 Å². The number of rotatable bonds is 8. The maximum atomic E-state index is 12.8. The zero-order chi connectivity index (χ0) is 24.5. The normalized spacial score (nSPS) is 13.6. The Kier molecular flexibility index (Phi) is 6.04. The Morgan fingerprint density at radius 3 is 2.69 bits per heavy atom. The molecular weight excluding hydrogens is 448 g/mol. The van der Waals surface area contributed by atoms with E-state index >= 15 is 0 Å². The summed E-state index contributed by atoms with van der Waals surface area (Å²) >= 11 is 0. The largest absolute Gasteiger partial charge is 0.438 e. The van der Waals surface area contributed by atoms with Crippen LogP contribution in [0.1, 0.15) is 33.7 Å². The van der Waals surface area contributed by atoms with Crippen molar-refractivity contribution in [1.29, 1.82) is 0 Å². The number of aryl methyl sites for hydroxylation is 3. The zero-order valence-electron chi connectivity index (χ0n) is 19.8. The summed E-state index contributed by atoms with van der Waals surface area (Å²) in [5.41, 5.74) is 3.83. The van der Waals surface area contributed by atoms with Crippen molar-refractivity contribution in [1.82, 2.24) is 24.4 Å². The molecule has 0 bridgehead atoms. The molecule has 0 radical (unpaired) electrons. The first kappa shape index (κ1) is 22.7. The molecule has 0 saturated carbocycles. The van der Waals surface area contributed by atoms with E-state index in [-0.39, 0.29) is 24.0 Å². The average Bonchev–Trinajstić information content (AvgIpc) is 3.34. The number of nitrogens with zero attached hydrogens (tertiary/aromatic N) is 5. The number of carbonyl (C=O) groups excluding carboxylic acids is 2. The van der Waals surface area contributed by atoms with E-state index in [4.69, 9.17) is 9.47 Å². The topological polar surface area (TPSA) is 113 Å². The number of ether oxygens (including phenoxy) is 2.